The van der Waals surface area contributed by atoms with Gasteiger partial charge in [-0.3, -0.25) is 4.79 Å². The number of halogens is 1. The Bertz CT molecular complexity index is 1280. The minimum absolute atomic E-state index is 0.216. The number of rotatable bonds is 4. The molecule has 2 aromatic heterocycles. The van der Waals surface area contributed by atoms with E-state index in [1.54, 1.807) is 25.1 Å². The number of hydrogen-bond donors (Lipinski definition) is 1. The maximum Gasteiger partial charge on any atom is 0.352 e. The number of amides is 1. The van der Waals surface area contributed by atoms with Crippen LogP contribution in [-0.4, -0.2) is 25.1 Å². The maximum atomic E-state index is 12.7. The highest BCUT2D eigenvalue weighted by Crippen LogP contribution is 2.20. The minimum atomic E-state index is -0.415. The molecular formula is C21H18ClN5O2. The molecule has 7 nitrogen and oxygen atoms in total. The number of hydrogen-bond acceptors (Lipinski definition) is 4. The zero-order valence-electron chi connectivity index (χ0n) is 15.9. The van der Waals surface area contributed by atoms with Crippen LogP contribution < -0.4 is 11.0 Å². The lowest BCUT2D eigenvalue weighted by Crippen LogP contribution is -2.28. The molecule has 0 saturated heterocycles. The highest BCUT2D eigenvalue weighted by Gasteiger charge is 2.15. The molecule has 0 atom stereocenters. The van der Waals surface area contributed by atoms with Gasteiger partial charge in [0.1, 0.15) is 12.4 Å². The van der Waals surface area contributed by atoms with E-state index < -0.39 is 5.69 Å². The van der Waals surface area contributed by atoms with Crippen molar-refractivity contribution >= 4 is 28.8 Å². The van der Waals surface area contributed by atoms with Crippen LogP contribution in [0.15, 0.2) is 59.4 Å². The van der Waals surface area contributed by atoms with Gasteiger partial charge in [0, 0.05) is 22.3 Å². The van der Waals surface area contributed by atoms with Crippen LogP contribution in [0.2, 0.25) is 5.02 Å². The van der Waals surface area contributed by atoms with E-state index in [1.807, 2.05) is 43.3 Å². The molecule has 1 amide bonds. The Morgan fingerprint density at radius 3 is 2.59 bits per heavy atom. The molecule has 4 aromatic rings. The normalized spacial score (nSPS) is 11.0. The van der Waals surface area contributed by atoms with E-state index in [-0.39, 0.29) is 12.5 Å². The first kappa shape index (κ1) is 18.9. The van der Waals surface area contributed by atoms with E-state index in [0.717, 1.165) is 15.8 Å². The van der Waals surface area contributed by atoms with E-state index in [9.17, 15) is 9.59 Å². The van der Waals surface area contributed by atoms with E-state index in [2.05, 4.69) is 15.4 Å². The van der Waals surface area contributed by atoms with Crippen LogP contribution in [-0.2, 0) is 11.3 Å². The number of aromatic nitrogens is 4. The van der Waals surface area contributed by atoms with Gasteiger partial charge in [-0.25, -0.2) is 18.9 Å². The van der Waals surface area contributed by atoms with Crippen LogP contribution in [0.1, 0.15) is 11.4 Å². The van der Waals surface area contributed by atoms with Crippen molar-refractivity contribution < 1.29 is 4.79 Å². The van der Waals surface area contributed by atoms with Crippen LogP contribution in [0.4, 0.5) is 5.69 Å². The maximum absolute atomic E-state index is 12.7. The van der Waals surface area contributed by atoms with Crippen molar-refractivity contribution in [1.29, 1.82) is 0 Å². The van der Waals surface area contributed by atoms with Crippen LogP contribution in [0, 0.1) is 13.8 Å². The molecule has 29 heavy (non-hydrogen) atoms. The van der Waals surface area contributed by atoms with Crippen molar-refractivity contribution in [2.75, 3.05) is 5.32 Å². The summed E-state index contributed by atoms with van der Waals surface area (Å²) in [5, 5.41) is 7.60. The molecule has 0 saturated carbocycles. The molecule has 0 aliphatic heterocycles. The van der Waals surface area contributed by atoms with E-state index >= 15 is 0 Å². The molecule has 0 aliphatic rings. The van der Waals surface area contributed by atoms with Crippen molar-refractivity contribution in [3.05, 3.63) is 81.5 Å². The molecular weight excluding hydrogens is 390 g/mol. The molecule has 8 heteroatoms. The number of anilines is 1. The van der Waals surface area contributed by atoms with Crippen molar-refractivity contribution in [2.45, 2.75) is 20.4 Å². The zero-order chi connectivity index (χ0) is 20.5. The fourth-order valence-corrected chi connectivity index (χ4v) is 3.25. The standard InChI is InChI=1S/C21H18ClN5O2/c1-13-8-9-16(10-17(13)22)24-20(28)12-26-21(29)27-14(2)23-18(11-19(27)25-26)15-6-4-3-5-7-15/h3-11H,12H2,1-2H3,(H,24,28). The van der Waals surface area contributed by atoms with Gasteiger partial charge in [0.25, 0.3) is 0 Å². The molecule has 2 heterocycles. The van der Waals surface area contributed by atoms with Gasteiger partial charge in [0.15, 0.2) is 5.65 Å². The molecule has 0 aliphatic carbocycles. The van der Waals surface area contributed by atoms with Gasteiger partial charge in [-0.2, -0.15) is 0 Å². The third-order valence-corrected chi connectivity index (χ3v) is 4.96. The Morgan fingerprint density at radius 1 is 1.10 bits per heavy atom. The van der Waals surface area contributed by atoms with Gasteiger partial charge in [0.05, 0.1) is 5.69 Å². The van der Waals surface area contributed by atoms with Gasteiger partial charge in [-0.15, -0.1) is 5.10 Å². The molecule has 1 N–H and O–H groups in total. The van der Waals surface area contributed by atoms with Crippen LogP contribution in [0.5, 0.6) is 0 Å². The minimum Gasteiger partial charge on any atom is -0.324 e. The lowest BCUT2D eigenvalue weighted by molar-refractivity contribution is -0.117. The third kappa shape index (κ3) is 3.77. The molecule has 4 rings (SSSR count). The second-order valence-corrected chi connectivity index (χ2v) is 7.11. The predicted molar refractivity (Wildman–Crippen MR) is 112 cm³/mol. The Balaban J connectivity index is 1.63. The number of benzene rings is 2. The molecule has 0 unspecified atom stereocenters. The lowest BCUT2D eigenvalue weighted by atomic mass is 10.1. The summed E-state index contributed by atoms with van der Waals surface area (Å²) in [5.74, 6) is 0.132. The molecule has 0 spiro atoms. The fraction of sp³-hybridized carbons (Fsp3) is 0.143. The van der Waals surface area contributed by atoms with Gasteiger partial charge in [-0.05, 0) is 31.5 Å². The van der Waals surface area contributed by atoms with Gasteiger partial charge in [-0.1, -0.05) is 48.0 Å². The van der Waals surface area contributed by atoms with Crippen molar-refractivity contribution in [1.82, 2.24) is 19.2 Å². The summed E-state index contributed by atoms with van der Waals surface area (Å²) in [6.45, 7) is 3.40. The molecule has 146 valence electrons. The van der Waals surface area contributed by atoms with Gasteiger partial charge < -0.3 is 5.32 Å². The zero-order valence-corrected chi connectivity index (χ0v) is 16.6. The average molecular weight is 408 g/mol. The van der Waals surface area contributed by atoms with E-state index in [4.69, 9.17) is 11.6 Å². The predicted octanol–water partition coefficient (Wildman–Crippen LogP) is 3.47. The first-order valence-electron chi connectivity index (χ1n) is 9.01. The van der Waals surface area contributed by atoms with Crippen molar-refractivity contribution in [3.63, 3.8) is 0 Å². The summed E-state index contributed by atoms with van der Waals surface area (Å²) in [4.78, 5) is 29.6. The lowest BCUT2D eigenvalue weighted by Gasteiger charge is -2.06. The van der Waals surface area contributed by atoms with Crippen LogP contribution in [0.3, 0.4) is 0 Å². The molecule has 0 radical (unpaired) electrons. The highest BCUT2D eigenvalue weighted by molar-refractivity contribution is 6.31. The van der Waals surface area contributed by atoms with Gasteiger partial charge >= 0.3 is 5.69 Å². The average Bonchev–Trinajstić information content (AvgIpc) is 3.01. The largest absolute Gasteiger partial charge is 0.352 e. The van der Waals surface area contributed by atoms with E-state index in [1.165, 1.54) is 4.40 Å². The number of carbonyl (C=O) groups is 1. The molecule has 2 aromatic carbocycles. The first-order valence-corrected chi connectivity index (χ1v) is 9.39. The number of fused-ring (bicyclic) bond motifs is 1. The topological polar surface area (TPSA) is 81.3 Å². The first-order chi connectivity index (χ1) is 13.9. The van der Waals surface area contributed by atoms with Gasteiger partial charge in [0.2, 0.25) is 5.91 Å². The summed E-state index contributed by atoms with van der Waals surface area (Å²) < 4.78 is 2.52. The summed E-state index contributed by atoms with van der Waals surface area (Å²) in [6.07, 6.45) is 0. The Labute approximate surface area is 171 Å². The van der Waals surface area contributed by atoms with Crippen molar-refractivity contribution in [3.8, 4) is 11.3 Å². The second kappa shape index (κ2) is 7.52. The van der Waals surface area contributed by atoms with Crippen molar-refractivity contribution in [2.24, 2.45) is 0 Å². The van der Waals surface area contributed by atoms with E-state index in [0.29, 0.717) is 27.9 Å². The Hall–Kier alpha value is -3.45. The third-order valence-electron chi connectivity index (χ3n) is 4.55. The monoisotopic (exact) mass is 407 g/mol. The fourth-order valence-electron chi connectivity index (χ4n) is 3.07. The number of carbonyl (C=O) groups excluding carboxylic acids is 1. The smallest absolute Gasteiger partial charge is 0.324 e. The number of aryl methyl sites for hydroxylation is 2. The molecule has 0 bridgehead atoms. The van der Waals surface area contributed by atoms with Crippen LogP contribution in [0.25, 0.3) is 16.9 Å². The van der Waals surface area contributed by atoms with Crippen LogP contribution >= 0.6 is 11.6 Å². The Morgan fingerprint density at radius 2 is 1.86 bits per heavy atom. The number of nitrogens with zero attached hydrogens (tertiary/aromatic N) is 4. The Kier molecular flexibility index (Phi) is 4.90. The number of nitrogens with one attached hydrogen (secondary N) is 1. The quantitative estimate of drug-likeness (QED) is 0.561. The summed E-state index contributed by atoms with van der Waals surface area (Å²) in [5.41, 5.74) is 3.14. The highest BCUT2D eigenvalue weighted by atomic mass is 35.5. The summed E-state index contributed by atoms with van der Waals surface area (Å²) >= 11 is 6.09. The second-order valence-electron chi connectivity index (χ2n) is 6.70. The summed E-state index contributed by atoms with van der Waals surface area (Å²) in [7, 11) is 0. The SMILES string of the molecule is Cc1ccc(NC(=O)Cn2nc3cc(-c4ccccc4)nc(C)n3c2=O)cc1Cl. The summed E-state index contributed by atoms with van der Waals surface area (Å²) in [6, 6.07) is 16.6. The molecule has 0 fully saturated rings.